The van der Waals surface area contributed by atoms with E-state index in [1.165, 1.54) is 12.1 Å². The average Bonchev–Trinajstić information content (AvgIpc) is 3.40. The largest absolute Gasteiger partial charge is 0.483 e. The van der Waals surface area contributed by atoms with Crippen molar-refractivity contribution in [2.75, 3.05) is 4.90 Å². The van der Waals surface area contributed by atoms with Gasteiger partial charge in [-0.2, -0.15) is 0 Å². The van der Waals surface area contributed by atoms with Gasteiger partial charge in [0.2, 0.25) is 0 Å². The normalized spacial score (nSPS) is 11.1. The minimum absolute atomic E-state index is 0.0349. The Morgan fingerprint density at radius 3 is 2.17 bits per heavy atom. The summed E-state index contributed by atoms with van der Waals surface area (Å²) in [4.78, 5) is 13.7. The Morgan fingerprint density at radius 2 is 1.50 bits per heavy atom. The van der Waals surface area contributed by atoms with Gasteiger partial charge in [0.1, 0.15) is 12.3 Å². The second kappa shape index (κ2) is 11.4. The molecule has 0 bridgehead atoms. The minimum Gasteiger partial charge on any atom is -0.483 e. The summed E-state index contributed by atoms with van der Waals surface area (Å²) in [6, 6.07) is 28.1. The topological polar surface area (TPSA) is 54.0 Å². The Hall–Kier alpha value is -5.04. The second-order valence-electron chi connectivity index (χ2n) is 9.50. The monoisotopic (exact) mass is 532 g/mol. The fraction of sp³-hybridized carbons (Fsp3) is 0.0909. The number of fused-ring (bicyclic) bond motifs is 1. The van der Waals surface area contributed by atoms with E-state index in [1.54, 1.807) is 24.8 Å². The first-order valence-corrected chi connectivity index (χ1v) is 13.0. The van der Waals surface area contributed by atoms with E-state index in [0.717, 1.165) is 33.2 Å². The first kappa shape index (κ1) is 25.2. The molecule has 40 heavy (non-hydrogen) atoms. The highest BCUT2D eigenvalue weighted by molar-refractivity contribution is 5.84. The zero-order valence-corrected chi connectivity index (χ0v) is 21.6. The first-order valence-electron chi connectivity index (χ1n) is 13.0. The number of nitrogens with zero attached hydrogens (tertiary/aromatic N) is 3. The lowest BCUT2D eigenvalue weighted by Gasteiger charge is -2.26. The van der Waals surface area contributed by atoms with Crippen molar-refractivity contribution in [2.45, 2.75) is 19.7 Å². The summed E-state index contributed by atoms with van der Waals surface area (Å²) in [7, 11) is 0. The van der Waals surface area contributed by atoms with Crippen molar-refractivity contribution < 1.29 is 13.5 Å². The molecule has 0 saturated carbocycles. The van der Waals surface area contributed by atoms with E-state index < -0.39 is 17.4 Å². The zero-order chi connectivity index (χ0) is 27.3. The Kier molecular flexibility index (Phi) is 7.18. The Bertz CT molecular complexity index is 1680. The molecule has 3 heterocycles. The quantitative estimate of drug-likeness (QED) is 0.207. The molecule has 7 heteroatoms. The molecule has 0 aliphatic rings. The van der Waals surface area contributed by atoms with Crippen molar-refractivity contribution >= 4 is 16.7 Å². The van der Waals surface area contributed by atoms with Crippen LogP contribution in [0.3, 0.4) is 0 Å². The number of hydrogen-bond donors (Lipinski definition) is 1. The summed E-state index contributed by atoms with van der Waals surface area (Å²) in [5.41, 5.74) is 5.51. The standard InChI is InChI=1S/C33H26F2N4O/c34-29-13-14-30(39(20-23-8-3-1-4-9-23)21-24-10-5-2-6-11-24)31(35)32(29)40-22-27-19-38-33-28(27)16-26(18-37-33)25-12-7-15-36-17-25/h1-19H,20-22H2,(H,37,38). The second-order valence-corrected chi connectivity index (χ2v) is 9.50. The fourth-order valence-corrected chi connectivity index (χ4v) is 4.75. The third-order valence-electron chi connectivity index (χ3n) is 6.79. The Balaban J connectivity index is 1.30. The number of nitrogens with one attached hydrogen (secondary N) is 1. The molecule has 3 aromatic heterocycles. The molecule has 1 N–H and O–H groups in total. The van der Waals surface area contributed by atoms with Gasteiger partial charge in [-0.25, -0.2) is 13.8 Å². The van der Waals surface area contributed by atoms with Gasteiger partial charge in [0.25, 0.3) is 0 Å². The Morgan fingerprint density at radius 1 is 0.775 bits per heavy atom. The SMILES string of the molecule is Fc1ccc(N(Cc2ccccc2)Cc2ccccc2)c(F)c1OCc1c[nH]c2ncc(-c3cccnc3)cc12. The molecule has 0 spiro atoms. The maximum Gasteiger partial charge on any atom is 0.193 e. The van der Waals surface area contributed by atoms with Crippen LogP contribution in [-0.2, 0) is 19.7 Å². The summed E-state index contributed by atoms with van der Waals surface area (Å²) in [5.74, 6) is -1.90. The van der Waals surface area contributed by atoms with Crippen LogP contribution in [0.4, 0.5) is 14.5 Å². The van der Waals surface area contributed by atoms with Crippen LogP contribution in [0.15, 0.2) is 116 Å². The molecule has 198 valence electrons. The van der Waals surface area contributed by atoms with Gasteiger partial charge in [0, 0.05) is 60.0 Å². The predicted molar refractivity (Wildman–Crippen MR) is 153 cm³/mol. The summed E-state index contributed by atoms with van der Waals surface area (Å²) in [6.45, 7) is 0.860. The molecule has 0 atom stereocenters. The fourth-order valence-electron chi connectivity index (χ4n) is 4.75. The van der Waals surface area contributed by atoms with Crippen LogP contribution < -0.4 is 9.64 Å². The lowest BCUT2D eigenvalue weighted by molar-refractivity contribution is 0.275. The van der Waals surface area contributed by atoms with Crippen LogP contribution in [0.5, 0.6) is 5.75 Å². The van der Waals surface area contributed by atoms with E-state index >= 15 is 4.39 Å². The van der Waals surface area contributed by atoms with Crippen LogP contribution in [-0.4, -0.2) is 15.0 Å². The molecule has 0 saturated heterocycles. The Labute approximate surface area is 230 Å². The van der Waals surface area contributed by atoms with Crippen molar-refractivity contribution in [3.05, 3.63) is 144 Å². The molecule has 6 rings (SSSR count). The van der Waals surface area contributed by atoms with Gasteiger partial charge in [0.05, 0.1) is 5.69 Å². The first-order chi connectivity index (χ1) is 19.7. The van der Waals surface area contributed by atoms with E-state index in [4.69, 9.17) is 4.74 Å². The number of hydrogen-bond acceptors (Lipinski definition) is 4. The van der Waals surface area contributed by atoms with E-state index in [2.05, 4.69) is 15.0 Å². The highest BCUT2D eigenvalue weighted by Crippen LogP contribution is 2.33. The lowest BCUT2D eigenvalue weighted by atomic mass is 10.1. The van der Waals surface area contributed by atoms with Crippen molar-refractivity contribution in [2.24, 2.45) is 0 Å². The van der Waals surface area contributed by atoms with Crippen molar-refractivity contribution in [1.82, 2.24) is 15.0 Å². The van der Waals surface area contributed by atoms with Crippen LogP contribution in [0.2, 0.25) is 0 Å². The number of pyridine rings is 2. The molecular weight excluding hydrogens is 506 g/mol. The van der Waals surface area contributed by atoms with Gasteiger partial charge in [-0.05, 0) is 35.4 Å². The maximum atomic E-state index is 16.0. The number of ether oxygens (including phenoxy) is 1. The van der Waals surface area contributed by atoms with Crippen LogP contribution in [0, 0.1) is 11.6 Å². The van der Waals surface area contributed by atoms with E-state index in [0.29, 0.717) is 18.7 Å². The van der Waals surface area contributed by atoms with Crippen molar-refractivity contribution in [1.29, 1.82) is 0 Å². The average molecular weight is 533 g/mol. The van der Waals surface area contributed by atoms with Crippen molar-refractivity contribution in [3.8, 4) is 16.9 Å². The third-order valence-corrected chi connectivity index (χ3v) is 6.79. The smallest absolute Gasteiger partial charge is 0.193 e. The molecule has 0 amide bonds. The zero-order valence-electron chi connectivity index (χ0n) is 21.6. The van der Waals surface area contributed by atoms with Gasteiger partial charge < -0.3 is 14.6 Å². The maximum absolute atomic E-state index is 16.0. The number of halogens is 2. The highest BCUT2D eigenvalue weighted by atomic mass is 19.1. The number of aromatic amines is 1. The van der Waals surface area contributed by atoms with Gasteiger partial charge in [-0.15, -0.1) is 0 Å². The number of H-pyrrole nitrogens is 1. The molecule has 0 radical (unpaired) electrons. The summed E-state index contributed by atoms with van der Waals surface area (Å²) in [6.07, 6.45) is 6.99. The minimum atomic E-state index is -0.755. The predicted octanol–water partition coefficient (Wildman–Crippen LogP) is 7.69. The number of aromatic nitrogens is 3. The number of rotatable bonds is 9. The number of benzene rings is 3. The lowest BCUT2D eigenvalue weighted by Crippen LogP contribution is -2.23. The molecular formula is C33H26F2N4O. The molecule has 5 nitrogen and oxygen atoms in total. The van der Waals surface area contributed by atoms with E-state index in [9.17, 15) is 4.39 Å². The third kappa shape index (κ3) is 5.40. The van der Waals surface area contributed by atoms with Crippen molar-refractivity contribution in [3.63, 3.8) is 0 Å². The van der Waals surface area contributed by atoms with Crippen LogP contribution in [0.25, 0.3) is 22.2 Å². The molecule has 0 fully saturated rings. The molecule has 0 aliphatic heterocycles. The molecule has 0 unspecified atom stereocenters. The van der Waals surface area contributed by atoms with Gasteiger partial charge in [-0.3, -0.25) is 4.98 Å². The van der Waals surface area contributed by atoms with Crippen LogP contribution in [0.1, 0.15) is 16.7 Å². The number of anilines is 1. The van der Waals surface area contributed by atoms with Gasteiger partial charge in [0.15, 0.2) is 17.4 Å². The molecule has 3 aromatic carbocycles. The summed E-state index contributed by atoms with van der Waals surface area (Å²) >= 11 is 0. The highest BCUT2D eigenvalue weighted by Gasteiger charge is 2.21. The molecule has 6 aromatic rings. The van der Waals surface area contributed by atoms with E-state index in [-0.39, 0.29) is 12.3 Å². The van der Waals surface area contributed by atoms with Gasteiger partial charge >= 0.3 is 0 Å². The van der Waals surface area contributed by atoms with Gasteiger partial charge in [-0.1, -0.05) is 66.7 Å². The van der Waals surface area contributed by atoms with E-state index in [1.807, 2.05) is 83.8 Å². The van der Waals surface area contributed by atoms with Crippen LogP contribution >= 0.6 is 0 Å². The summed E-state index contributed by atoms with van der Waals surface area (Å²) < 4.78 is 36.8. The summed E-state index contributed by atoms with van der Waals surface area (Å²) in [5, 5.41) is 0.813. The molecule has 0 aliphatic carbocycles.